The summed E-state index contributed by atoms with van der Waals surface area (Å²) >= 11 is 1.67. The number of thiazole rings is 1. The topological polar surface area (TPSA) is 43.4 Å². The minimum atomic E-state index is 0. The van der Waals surface area contributed by atoms with Gasteiger partial charge in [0, 0.05) is 11.4 Å². The summed E-state index contributed by atoms with van der Waals surface area (Å²) in [6, 6.07) is 0.586. The Hall–Kier alpha value is 0.0900. The first-order chi connectivity index (χ1) is 8.81. The molecule has 7 heteroatoms. The summed E-state index contributed by atoms with van der Waals surface area (Å²) in [7, 11) is 0. The van der Waals surface area contributed by atoms with Gasteiger partial charge in [0.1, 0.15) is 0 Å². The van der Waals surface area contributed by atoms with E-state index in [0.717, 1.165) is 30.1 Å². The summed E-state index contributed by atoms with van der Waals surface area (Å²) in [5, 5.41) is 6.65. The Labute approximate surface area is 136 Å². The number of rotatable bonds is 4. The van der Waals surface area contributed by atoms with E-state index in [1.54, 1.807) is 11.3 Å². The minimum Gasteiger partial charge on any atom is -0.372 e. The zero-order valence-electron chi connectivity index (χ0n) is 11.5. The Morgan fingerprint density at radius 1 is 1.40 bits per heavy atom. The summed E-state index contributed by atoms with van der Waals surface area (Å²) < 4.78 is 11.8. The van der Waals surface area contributed by atoms with E-state index in [4.69, 9.17) is 9.47 Å². The monoisotopic (exact) mass is 340 g/mol. The third-order valence-electron chi connectivity index (χ3n) is 3.67. The summed E-state index contributed by atoms with van der Waals surface area (Å²) in [5.74, 6) is 0. The van der Waals surface area contributed by atoms with Gasteiger partial charge in [-0.25, -0.2) is 4.98 Å². The van der Waals surface area contributed by atoms with Crippen molar-refractivity contribution in [3.05, 3.63) is 16.1 Å². The summed E-state index contributed by atoms with van der Waals surface area (Å²) in [6.45, 7) is 4.42. The molecule has 2 saturated heterocycles. The van der Waals surface area contributed by atoms with Crippen LogP contribution in [0.5, 0.6) is 0 Å². The zero-order valence-corrected chi connectivity index (χ0v) is 14.0. The highest BCUT2D eigenvalue weighted by Crippen LogP contribution is 2.25. The lowest BCUT2D eigenvalue weighted by Gasteiger charge is -2.32. The highest BCUT2D eigenvalue weighted by Gasteiger charge is 2.34. The fourth-order valence-electron chi connectivity index (χ4n) is 2.77. The fraction of sp³-hybridized carbons (Fsp3) is 0.769. The van der Waals surface area contributed by atoms with E-state index in [9.17, 15) is 0 Å². The van der Waals surface area contributed by atoms with Crippen LogP contribution in [-0.2, 0) is 16.1 Å². The van der Waals surface area contributed by atoms with E-state index in [2.05, 4.69) is 15.7 Å². The molecule has 0 amide bonds. The van der Waals surface area contributed by atoms with Crippen molar-refractivity contribution in [2.24, 2.45) is 0 Å². The predicted molar refractivity (Wildman–Crippen MR) is 85.3 cm³/mol. The Kier molecular flexibility index (Phi) is 7.72. The van der Waals surface area contributed by atoms with Crippen LogP contribution in [0.2, 0.25) is 0 Å². The number of aryl methyl sites for hydroxylation is 1. The largest absolute Gasteiger partial charge is 0.372 e. The van der Waals surface area contributed by atoms with Gasteiger partial charge in [0.25, 0.3) is 0 Å². The molecule has 0 saturated carbocycles. The van der Waals surface area contributed by atoms with Crippen LogP contribution in [0.15, 0.2) is 5.38 Å². The van der Waals surface area contributed by atoms with Crippen molar-refractivity contribution < 1.29 is 9.47 Å². The second-order valence-corrected chi connectivity index (χ2v) is 6.16. The third-order valence-corrected chi connectivity index (χ3v) is 4.49. The SMILES string of the molecule is Cc1nc(COC[C@@H]2CC[C@H]3NCC[C@H]3O2)cs1.Cl.Cl. The molecule has 1 aromatic rings. The fourth-order valence-corrected chi connectivity index (χ4v) is 3.36. The molecule has 0 aromatic carbocycles. The number of hydrogen-bond donors (Lipinski definition) is 1. The molecule has 2 fully saturated rings. The van der Waals surface area contributed by atoms with E-state index in [-0.39, 0.29) is 30.9 Å². The number of hydrogen-bond acceptors (Lipinski definition) is 5. The van der Waals surface area contributed by atoms with Gasteiger partial charge in [-0.2, -0.15) is 0 Å². The molecule has 1 N–H and O–H groups in total. The van der Waals surface area contributed by atoms with Crippen molar-refractivity contribution in [2.75, 3.05) is 13.2 Å². The van der Waals surface area contributed by atoms with E-state index in [1.165, 1.54) is 6.42 Å². The average Bonchev–Trinajstić information content (AvgIpc) is 2.97. The molecule has 0 aliphatic carbocycles. The molecule has 2 aliphatic rings. The van der Waals surface area contributed by atoms with Crippen molar-refractivity contribution in [3.8, 4) is 0 Å². The highest BCUT2D eigenvalue weighted by molar-refractivity contribution is 7.09. The molecular formula is C13H22Cl2N2O2S. The van der Waals surface area contributed by atoms with Crippen molar-refractivity contribution in [2.45, 2.75) is 51.0 Å². The molecule has 0 radical (unpaired) electrons. The molecule has 3 heterocycles. The number of aromatic nitrogens is 1. The molecule has 20 heavy (non-hydrogen) atoms. The van der Waals surface area contributed by atoms with Gasteiger partial charge in [0.05, 0.1) is 36.1 Å². The van der Waals surface area contributed by atoms with Crippen molar-refractivity contribution in [1.29, 1.82) is 0 Å². The standard InChI is InChI=1S/C13H20N2O2S.2ClH/c1-9-15-10(8-18-9)6-16-7-11-2-3-12-13(17-11)4-5-14-12;;/h8,11-14H,2-7H2,1H3;2*1H/t11-,12+,13+;;/m0../s1. The lowest BCUT2D eigenvalue weighted by Crippen LogP contribution is -2.41. The Morgan fingerprint density at radius 2 is 2.25 bits per heavy atom. The first kappa shape index (κ1) is 18.1. The van der Waals surface area contributed by atoms with Crippen molar-refractivity contribution >= 4 is 36.2 Å². The second kappa shape index (κ2) is 8.51. The lowest BCUT2D eigenvalue weighted by atomic mass is 10.0. The van der Waals surface area contributed by atoms with Gasteiger partial charge in [0.15, 0.2) is 0 Å². The Balaban J connectivity index is 0.000001000. The van der Waals surface area contributed by atoms with Crippen LogP contribution in [0, 0.1) is 6.92 Å². The molecular weight excluding hydrogens is 319 g/mol. The van der Waals surface area contributed by atoms with Crippen LogP contribution in [0.4, 0.5) is 0 Å². The van der Waals surface area contributed by atoms with Gasteiger partial charge >= 0.3 is 0 Å². The quantitative estimate of drug-likeness (QED) is 0.915. The van der Waals surface area contributed by atoms with Crippen LogP contribution < -0.4 is 5.32 Å². The molecule has 4 nitrogen and oxygen atoms in total. The summed E-state index contributed by atoms with van der Waals surface area (Å²) in [6.07, 6.45) is 4.14. The Morgan fingerprint density at radius 3 is 3.00 bits per heavy atom. The first-order valence-corrected chi connectivity index (χ1v) is 7.57. The molecule has 0 spiro atoms. The maximum absolute atomic E-state index is 6.05. The number of ether oxygens (including phenoxy) is 2. The van der Waals surface area contributed by atoms with Gasteiger partial charge in [-0.3, -0.25) is 0 Å². The predicted octanol–water partition coefficient (Wildman–Crippen LogP) is 2.72. The van der Waals surface area contributed by atoms with Gasteiger partial charge < -0.3 is 14.8 Å². The maximum Gasteiger partial charge on any atom is 0.0898 e. The molecule has 0 unspecified atom stereocenters. The van der Waals surface area contributed by atoms with Crippen LogP contribution in [0.3, 0.4) is 0 Å². The van der Waals surface area contributed by atoms with E-state index in [1.807, 2.05) is 6.92 Å². The highest BCUT2D eigenvalue weighted by atomic mass is 35.5. The zero-order chi connectivity index (χ0) is 12.4. The molecule has 3 rings (SSSR count). The maximum atomic E-state index is 6.05. The van der Waals surface area contributed by atoms with E-state index >= 15 is 0 Å². The third kappa shape index (κ3) is 4.55. The van der Waals surface area contributed by atoms with E-state index in [0.29, 0.717) is 25.4 Å². The van der Waals surface area contributed by atoms with Crippen molar-refractivity contribution in [3.63, 3.8) is 0 Å². The van der Waals surface area contributed by atoms with Crippen molar-refractivity contribution in [1.82, 2.24) is 10.3 Å². The lowest BCUT2D eigenvalue weighted by molar-refractivity contribution is -0.0911. The summed E-state index contributed by atoms with van der Waals surface area (Å²) in [5.41, 5.74) is 1.04. The Bertz CT molecular complexity index is 405. The normalized spacial score (nSPS) is 28.4. The van der Waals surface area contributed by atoms with Crippen LogP contribution >= 0.6 is 36.2 Å². The molecule has 116 valence electrons. The van der Waals surface area contributed by atoms with Gasteiger partial charge in [0.2, 0.25) is 0 Å². The molecule has 1 aromatic heterocycles. The number of nitrogens with one attached hydrogen (secondary N) is 1. The van der Waals surface area contributed by atoms with Crippen LogP contribution in [-0.4, -0.2) is 36.4 Å². The first-order valence-electron chi connectivity index (χ1n) is 6.69. The van der Waals surface area contributed by atoms with Gasteiger partial charge in [-0.05, 0) is 32.7 Å². The smallest absolute Gasteiger partial charge is 0.0898 e. The van der Waals surface area contributed by atoms with E-state index < -0.39 is 0 Å². The van der Waals surface area contributed by atoms with Gasteiger partial charge in [-0.15, -0.1) is 36.2 Å². The number of fused-ring (bicyclic) bond motifs is 1. The minimum absolute atomic E-state index is 0. The molecule has 3 atom stereocenters. The van der Waals surface area contributed by atoms with Crippen LogP contribution in [0.1, 0.15) is 30.0 Å². The summed E-state index contributed by atoms with van der Waals surface area (Å²) in [4.78, 5) is 4.39. The molecule has 2 aliphatic heterocycles. The second-order valence-electron chi connectivity index (χ2n) is 5.10. The van der Waals surface area contributed by atoms with Gasteiger partial charge in [-0.1, -0.05) is 0 Å². The number of nitrogens with zero attached hydrogens (tertiary/aromatic N) is 1. The molecule has 0 bridgehead atoms. The average molecular weight is 341 g/mol. The number of halogens is 2. The van der Waals surface area contributed by atoms with Crippen LogP contribution in [0.25, 0.3) is 0 Å².